The van der Waals surface area contributed by atoms with Crippen molar-refractivity contribution in [2.45, 2.75) is 40.2 Å². The molecule has 2 aromatic rings. The maximum Gasteiger partial charge on any atom is 0.329 e. The fourth-order valence-electron chi connectivity index (χ4n) is 3.27. The summed E-state index contributed by atoms with van der Waals surface area (Å²) in [6, 6.07) is 9.48. The van der Waals surface area contributed by atoms with Gasteiger partial charge in [0.1, 0.15) is 17.3 Å². The van der Waals surface area contributed by atoms with Gasteiger partial charge in [0.05, 0.1) is 13.2 Å². The van der Waals surface area contributed by atoms with Crippen molar-refractivity contribution in [3.63, 3.8) is 0 Å². The Morgan fingerprint density at radius 2 is 1.93 bits per heavy atom. The fraction of sp³-hybridized carbons (Fsp3) is 0.304. The highest BCUT2D eigenvalue weighted by molar-refractivity contribution is 6.14. The van der Waals surface area contributed by atoms with E-state index in [-0.39, 0.29) is 23.7 Å². The number of benzene rings is 2. The maximum absolute atomic E-state index is 13.9. The van der Waals surface area contributed by atoms with Crippen molar-refractivity contribution in [3.8, 4) is 5.75 Å². The second kappa shape index (κ2) is 8.47. The standard InChI is InChI=1S/C23H25FN2O3/c1-5-29-21-10-15(4)17(11-18(21)14(2)3)12-20-22(27)26(23(28)25-20)13-16-8-6-7-9-19(16)24/h6-12,14H,5,13H2,1-4H3,(H,25,28)/b20-12+. The molecular weight excluding hydrogens is 371 g/mol. The first-order chi connectivity index (χ1) is 13.8. The summed E-state index contributed by atoms with van der Waals surface area (Å²) in [6.07, 6.45) is 1.67. The number of rotatable bonds is 6. The van der Waals surface area contributed by atoms with E-state index in [2.05, 4.69) is 19.2 Å². The van der Waals surface area contributed by atoms with Crippen LogP contribution in [-0.2, 0) is 11.3 Å². The lowest BCUT2D eigenvalue weighted by Crippen LogP contribution is -2.30. The molecule has 1 heterocycles. The number of hydrogen-bond acceptors (Lipinski definition) is 3. The van der Waals surface area contributed by atoms with E-state index >= 15 is 0 Å². The van der Waals surface area contributed by atoms with Crippen LogP contribution in [0, 0.1) is 12.7 Å². The monoisotopic (exact) mass is 396 g/mol. The smallest absolute Gasteiger partial charge is 0.329 e. The molecule has 6 heteroatoms. The normalized spacial score (nSPS) is 15.4. The summed E-state index contributed by atoms with van der Waals surface area (Å²) < 4.78 is 19.7. The highest BCUT2D eigenvalue weighted by Gasteiger charge is 2.34. The van der Waals surface area contributed by atoms with Crippen LogP contribution in [0.25, 0.3) is 6.08 Å². The van der Waals surface area contributed by atoms with Crippen LogP contribution in [-0.4, -0.2) is 23.4 Å². The Morgan fingerprint density at radius 3 is 2.59 bits per heavy atom. The van der Waals surface area contributed by atoms with E-state index in [0.717, 1.165) is 27.3 Å². The number of imide groups is 1. The van der Waals surface area contributed by atoms with E-state index in [9.17, 15) is 14.0 Å². The molecule has 0 bridgehead atoms. The molecule has 0 atom stereocenters. The number of carbonyl (C=O) groups is 2. The number of nitrogens with one attached hydrogen (secondary N) is 1. The summed E-state index contributed by atoms with van der Waals surface area (Å²) in [5.74, 6) is 0.137. The van der Waals surface area contributed by atoms with Crippen LogP contribution in [0.2, 0.25) is 0 Å². The minimum Gasteiger partial charge on any atom is -0.494 e. The second-order valence-electron chi connectivity index (χ2n) is 7.31. The Hall–Kier alpha value is -3.15. The molecule has 29 heavy (non-hydrogen) atoms. The number of halogens is 1. The van der Waals surface area contributed by atoms with Gasteiger partial charge in [0.25, 0.3) is 5.91 Å². The lowest BCUT2D eigenvalue weighted by Gasteiger charge is -2.16. The molecule has 0 aromatic heterocycles. The molecule has 0 unspecified atom stereocenters. The third-order valence-corrected chi connectivity index (χ3v) is 4.87. The molecule has 1 saturated heterocycles. The van der Waals surface area contributed by atoms with Crippen LogP contribution in [0.4, 0.5) is 9.18 Å². The van der Waals surface area contributed by atoms with Gasteiger partial charge in [-0.25, -0.2) is 9.18 Å². The average molecular weight is 396 g/mol. The van der Waals surface area contributed by atoms with Crippen LogP contribution in [0.1, 0.15) is 48.9 Å². The number of amides is 3. The van der Waals surface area contributed by atoms with Crippen molar-refractivity contribution in [2.75, 3.05) is 6.61 Å². The number of nitrogens with zero attached hydrogens (tertiary/aromatic N) is 1. The summed E-state index contributed by atoms with van der Waals surface area (Å²) in [5, 5.41) is 2.60. The maximum atomic E-state index is 13.9. The summed E-state index contributed by atoms with van der Waals surface area (Å²) in [4.78, 5) is 26.1. The van der Waals surface area contributed by atoms with Crippen molar-refractivity contribution in [3.05, 3.63) is 70.2 Å². The van der Waals surface area contributed by atoms with Crippen LogP contribution < -0.4 is 10.1 Å². The number of carbonyl (C=O) groups excluding carboxylic acids is 2. The zero-order chi connectivity index (χ0) is 21.1. The van der Waals surface area contributed by atoms with Crippen molar-refractivity contribution in [1.82, 2.24) is 10.2 Å². The molecule has 1 N–H and O–H groups in total. The van der Waals surface area contributed by atoms with Gasteiger partial charge in [-0.2, -0.15) is 0 Å². The molecule has 0 spiro atoms. The van der Waals surface area contributed by atoms with E-state index in [4.69, 9.17) is 4.74 Å². The molecule has 2 aromatic carbocycles. The average Bonchev–Trinajstić information content (AvgIpc) is 2.93. The van der Waals surface area contributed by atoms with Gasteiger partial charge in [-0.1, -0.05) is 32.0 Å². The first kappa shape index (κ1) is 20.6. The van der Waals surface area contributed by atoms with Crippen LogP contribution in [0.3, 0.4) is 0 Å². The molecule has 3 amide bonds. The first-order valence-electron chi connectivity index (χ1n) is 9.67. The van der Waals surface area contributed by atoms with Crippen LogP contribution in [0.15, 0.2) is 42.1 Å². The zero-order valence-electron chi connectivity index (χ0n) is 17.1. The number of urea groups is 1. The van der Waals surface area contributed by atoms with Crippen LogP contribution in [0.5, 0.6) is 5.75 Å². The minimum absolute atomic E-state index is 0.117. The van der Waals surface area contributed by atoms with Crippen LogP contribution >= 0.6 is 0 Å². The first-order valence-corrected chi connectivity index (χ1v) is 9.67. The van der Waals surface area contributed by atoms with E-state index in [1.165, 1.54) is 6.07 Å². The van der Waals surface area contributed by atoms with Gasteiger partial charge in [0.15, 0.2) is 0 Å². The van der Waals surface area contributed by atoms with E-state index in [1.54, 1.807) is 24.3 Å². The summed E-state index contributed by atoms with van der Waals surface area (Å²) in [5.41, 5.74) is 3.25. The van der Waals surface area contributed by atoms with Crippen molar-refractivity contribution in [1.29, 1.82) is 0 Å². The fourth-order valence-corrected chi connectivity index (χ4v) is 3.27. The molecule has 1 aliphatic rings. The SMILES string of the molecule is CCOc1cc(C)c(/C=C2/NC(=O)N(Cc3ccccc3F)C2=O)cc1C(C)C. The van der Waals surface area contributed by atoms with E-state index in [0.29, 0.717) is 6.61 Å². The predicted molar refractivity (Wildman–Crippen MR) is 110 cm³/mol. The van der Waals surface area contributed by atoms with E-state index in [1.807, 2.05) is 26.0 Å². The number of ether oxygens (including phenoxy) is 1. The molecule has 1 aliphatic heterocycles. The second-order valence-corrected chi connectivity index (χ2v) is 7.31. The molecule has 1 fully saturated rings. The van der Waals surface area contributed by atoms with Crippen molar-refractivity contribution in [2.24, 2.45) is 0 Å². The van der Waals surface area contributed by atoms with Gasteiger partial charge in [-0.15, -0.1) is 0 Å². The summed E-state index contributed by atoms with van der Waals surface area (Å²) >= 11 is 0. The quantitative estimate of drug-likeness (QED) is 0.566. The minimum atomic E-state index is -0.558. The zero-order valence-corrected chi connectivity index (χ0v) is 17.1. The van der Waals surface area contributed by atoms with Gasteiger partial charge < -0.3 is 10.1 Å². The highest BCUT2D eigenvalue weighted by atomic mass is 19.1. The largest absolute Gasteiger partial charge is 0.494 e. The summed E-state index contributed by atoms with van der Waals surface area (Å²) in [7, 11) is 0. The topological polar surface area (TPSA) is 58.6 Å². The van der Waals surface area contributed by atoms with Gasteiger partial charge in [-0.3, -0.25) is 9.69 Å². The van der Waals surface area contributed by atoms with Gasteiger partial charge in [0, 0.05) is 5.56 Å². The van der Waals surface area contributed by atoms with Crippen molar-refractivity contribution < 1.29 is 18.7 Å². The molecular formula is C23H25FN2O3. The Bertz CT molecular complexity index is 982. The molecule has 0 radical (unpaired) electrons. The lowest BCUT2D eigenvalue weighted by molar-refractivity contribution is -0.123. The molecule has 5 nitrogen and oxygen atoms in total. The molecule has 0 saturated carbocycles. The third-order valence-electron chi connectivity index (χ3n) is 4.87. The number of hydrogen-bond donors (Lipinski definition) is 1. The van der Waals surface area contributed by atoms with Gasteiger partial charge in [-0.05, 0) is 60.7 Å². The summed E-state index contributed by atoms with van der Waals surface area (Å²) in [6.45, 7) is 8.46. The predicted octanol–water partition coefficient (Wildman–Crippen LogP) is 4.75. The molecule has 152 valence electrons. The van der Waals surface area contributed by atoms with Gasteiger partial charge in [0.2, 0.25) is 0 Å². The Labute approximate surface area is 170 Å². The lowest BCUT2D eigenvalue weighted by atomic mass is 9.96. The van der Waals surface area contributed by atoms with Crippen molar-refractivity contribution >= 4 is 18.0 Å². The highest BCUT2D eigenvalue weighted by Crippen LogP contribution is 2.31. The molecule has 3 rings (SSSR count). The third kappa shape index (κ3) is 4.31. The Kier molecular flexibility index (Phi) is 6.01. The molecule has 0 aliphatic carbocycles. The van der Waals surface area contributed by atoms with Gasteiger partial charge >= 0.3 is 6.03 Å². The van der Waals surface area contributed by atoms with E-state index < -0.39 is 17.8 Å². The Morgan fingerprint density at radius 1 is 1.21 bits per heavy atom. The Balaban J connectivity index is 1.91. The number of aryl methyl sites for hydroxylation is 1.